The highest BCUT2D eigenvalue weighted by Gasteiger charge is 2.38. The van der Waals surface area contributed by atoms with Gasteiger partial charge in [0.25, 0.3) is 0 Å². The van der Waals surface area contributed by atoms with E-state index in [-0.39, 0.29) is 11.1 Å². The number of hydrogen-bond donors (Lipinski definition) is 1. The average Bonchev–Trinajstić information content (AvgIpc) is 2.45. The first-order valence-corrected chi connectivity index (χ1v) is 11.6. The number of alkyl carbamates (subject to hydrolysis) is 1. The molecule has 24 heavy (non-hydrogen) atoms. The number of rotatable bonds is 7. The Balaban J connectivity index is 2.44. The Labute approximate surface area is 148 Å². The van der Waals surface area contributed by atoms with Gasteiger partial charge in [0.15, 0.2) is 0 Å². The molecule has 1 aromatic carbocycles. The second-order valence-corrected chi connectivity index (χ2v) is 12.9. The summed E-state index contributed by atoms with van der Waals surface area (Å²) >= 11 is 0. The minimum Gasteiger partial charge on any atom is -0.544 e. The molecular weight excluding hydrogens is 318 g/mol. The summed E-state index contributed by atoms with van der Waals surface area (Å²) in [6.45, 7) is 16.2. The van der Waals surface area contributed by atoms with Crippen molar-refractivity contribution in [3.05, 3.63) is 29.8 Å². The maximum absolute atomic E-state index is 11.5. The van der Waals surface area contributed by atoms with Gasteiger partial charge in [-0.3, -0.25) is 0 Å². The molecule has 1 amide bonds. The van der Waals surface area contributed by atoms with Crippen molar-refractivity contribution in [2.45, 2.75) is 59.2 Å². The Kier molecular flexibility index (Phi) is 7.33. The maximum atomic E-state index is 11.5. The van der Waals surface area contributed by atoms with Gasteiger partial charge >= 0.3 is 6.09 Å². The maximum Gasteiger partial charge on any atom is 0.407 e. The quantitative estimate of drug-likeness (QED) is 0.704. The van der Waals surface area contributed by atoms with Crippen LogP contribution in [0, 0.1) is 5.92 Å². The van der Waals surface area contributed by atoms with Crippen molar-refractivity contribution in [1.29, 1.82) is 0 Å². The third-order valence-corrected chi connectivity index (χ3v) is 8.69. The Morgan fingerprint density at radius 2 is 1.75 bits per heavy atom. The summed E-state index contributed by atoms with van der Waals surface area (Å²) < 4.78 is 11.3. The van der Waals surface area contributed by atoms with Crippen molar-refractivity contribution in [2.24, 2.45) is 5.92 Å². The Hall–Kier alpha value is -1.49. The fraction of sp³-hybridized carbons (Fsp3) is 0.632. The van der Waals surface area contributed by atoms with E-state index in [0.29, 0.717) is 19.1 Å². The van der Waals surface area contributed by atoms with Crippen LogP contribution in [0.15, 0.2) is 24.3 Å². The van der Waals surface area contributed by atoms with E-state index in [2.05, 4.69) is 51.3 Å². The van der Waals surface area contributed by atoms with Crippen molar-refractivity contribution >= 4 is 14.4 Å². The summed E-state index contributed by atoms with van der Waals surface area (Å²) in [7, 11) is -1.80. The molecule has 0 saturated heterocycles. The van der Waals surface area contributed by atoms with Gasteiger partial charge in [0, 0.05) is 6.54 Å². The van der Waals surface area contributed by atoms with Crippen LogP contribution in [0.25, 0.3) is 0 Å². The highest BCUT2D eigenvalue weighted by Crippen LogP contribution is 2.37. The number of ether oxygens (including phenoxy) is 1. The van der Waals surface area contributed by atoms with E-state index < -0.39 is 8.32 Å². The van der Waals surface area contributed by atoms with E-state index in [9.17, 15) is 4.79 Å². The average molecular weight is 352 g/mol. The van der Waals surface area contributed by atoms with Crippen molar-refractivity contribution in [3.8, 4) is 5.75 Å². The standard InChI is InChI=1S/C19H33NO3Si/c1-15(2)14-22-18(21)20-13-12-16-8-10-17(11-9-16)23-24(6,7)19(3,4)5/h8-11,15H,12-14H2,1-7H3,(H,20,21). The molecule has 0 saturated carbocycles. The van der Waals surface area contributed by atoms with Crippen LogP contribution < -0.4 is 9.74 Å². The second kappa shape index (κ2) is 8.56. The molecule has 0 bridgehead atoms. The van der Waals surface area contributed by atoms with Gasteiger partial charge in [-0.2, -0.15) is 0 Å². The molecular formula is C19H33NO3Si. The lowest BCUT2D eigenvalue weighted by molar-refractivity contribution is 0.133. The molecule has 136 valence electrons. The van der Waals surface area contributed by atoms with Crippen LogP contribution in [0.1, 0.15) is 40.2 Å². The van der Waals surface area contributed by atoms with E-state index in [0.717, 1.165) is 12.2 Å². The fourth-order valence-corrected chi connectivity index (χ4v) is 2.81. The number of carbonyl (C=O) groups is 1. The molecule has 5 heteroatoms. The topological polar surface area (TPSA) is 47.6 Å². The van der Waals surface area contributed by atoms with E-state index in [1.165, 1.54) is 5.56 Å². The van der Waals surface area contributed by atoms with Crippen LogP contribution in [0.2, 0.25) is 18.1 Å². The normalized spacial score (nSPS) is 12.2. The van der Waals surface area contributed by atoms with Crippen LogP contribution in [0.3, 0.4) is 0 Å². The number of carbonyl (C=O) groups excluding carboxylic acids is 1. The van der Waals surface area contributed by atoms with Crippen molar-refractivity contribution in [2.75, 3.05) is 13.2 Å². The summed E-state index contributed by atoms with van der Waals surface area (Å²) in [5.41, 5.74) is 1.17. The SMILES string of the molecule is CC(C)COC(=O)NCCc1ccc(O[Si](C)(C)C(C)(C)C)cc1. The lowest BCUT2D eigenvalue weighted by Gasteiger charge is -2.36. The highest BCUT2D eigenvalue weighted by molar-refractivity contribution is 6.74. The number of amides is 1. The molecule has 0 unspecified atom stereocenters. The van der Waals surface area contributed by atoms with Crippen LogP contribution in [-0.2, 0) is 11.2 Å². The van der Waals surface area contributed by atoms with Gasteiger partial charge in [-0.25, -0.2) is 4.79 Å². The molecule has 1 rings (SSSR count). The zero-order valence-corrected chi connectivity index (χ0v) is 17.2. The molecule has 0 aliphatic rings. The number of nitrogens with one attached hydrogen (secondary N) is 1. The van der Waals surface area contributed by atoms with Gasteiger partial charge < -0.3 is 14.5 Å². The predicted molar refractivity (Wildman–Crippen MR) is 102 cm³/mol. The van der Waals surface area contributed by atoms with Crippen LogP contribution in [-0.4, -0.2) is 27.6 Å². The zero-order valence-electron chi connectivity index (χ0n) is 16.2. The summed E-state index contributed by atoms with van der Waals surface area (Å²) in [6.07, 6.45) is 0.429. The van der Waals surface area contributed by atoms with Gasteiger partial charge in [-0.15, -0.1) is 0 Å². The first-order valence-electron chi connectivity index (χ1n) is 8.70. The van der Waals surface area contributed by atoms with E-state index >= 15 is 0 Å². The van der Waals surface area contributed by atoms with Crippen molar-refractivity contribution in [3.63, 3.8) is 0 Å². The monoisotopic (exact) mass is 351 g/mol. The molecule has 0 radical (unpaired) electrons. The zero-order chi connectivity index (χ0) is 18.4. The predicted octanol–water partition coefficient (Wildman–Crippen LogP) is 5.00. The Bertz CT molecular complexity index is 518. The Morgan fingerprint density at radius 3 is 2.25 bits per heavy atom. The van der Waals surface area contributed by atoms with Gasteiger partial charge in [0.2, 0.25) is 8.32 Å². The summed E-state index contributed by atoms with van der Waals surface area (Å²) in [5.74, 6) is 1.28. The largest absolute Gasteiger partial charge is 0.544 e. The second-order valence-electron chi connectivity index (χ2n) is 8.18. The third kappa shape index (κ3) is 6.95. The van der Waals surface area contributed by atoms with Crippen molar-refractivity contribution in [1.82, 2.24) is 5.32 Å². The van der Waals surface area contributed by atoms with Gasteiger partial charge in [-0.1, -0.05) is 46.8 Å². The van der Waals surface area contributed by atoms with Crippen LogP contribution >= 0.6 is 0 Å². The smallest absolute Gasteiger partial charge is 0.407 e. The van der Waals surface area contributed by atoms with E-state index in [1.807, 2.05) is 26.0 Å². The molecule has 0 aliphatic heterocycles. The van der Waals surface area contributed by atoms with E-state index in [1.54, 1.807) is 0 Å². The van der Waals surface area contributed by atoms with Gasteiger partial charge in [0.1, 0.15) is 5.75 Å². The van der Waals surface area contributed by atoms with Gasteiger partial charge in [-0.05, 0) is 48.2 Å². The molecule has 0 atom stereocenters. The molecule has 0 fully saturated rings. The summed E-state index contributed by atoms with van der Waals surface area (Å²) in [5, 5.41) is 2.96. The van der Waals surface area contributed by atoms with Gasteiger partial charge in [0.05, 0.1) is 6.61 Å². The minimum absolute atomic E-state index is 0.186. The molecule has 1 aromatic rings. The number of hydrogen-bond acceptors (Lipinski definition) is 3. The molecule has 0 aromatic heterocycles. The molecule has 0 spiro atoms. The minimum atomic E-state index is -1.80. The summed E-state index contributed by atoms with van der Waals surface area (Å²) in [4.78, 5) is 11.5. The molecule has 1 N–H and O–H groups in total. The van der Waals surface area contributed by atoms with Crippen LogP contribution in [0.5, 0.6) is 5.75 Å². The molecule has 0 heterocycles. The highest BCUT2D eigenvalue weighted by atomic mass is 28.4. The Morgan fingerprint density at radius 1 is 1.17 bits per heavy atom. The third-order valence-electron chi connectivity index (χ3n) is 4.33. The fourth-order valence-electron chi connectivity index (χ4n) is 1.77. The summed E-state index contributed by atoms with van der Waals surface area (Å²) in [6, 6.07) is 8.16. The van der Waals surface area contributed by atoms with E-state index in [4.69, 9.17) is 9.16 Å². The molecule has 4 nitrogen and oxygen atoms in total. The number of benzene rings is 1. The first-order chi connectivity index (χ1) is 11.0. The molecule has 0 aliphatic carbocycles. The lowest BCUT2D eigenvalue weighted by atomic mass is 10.1. The van der Waals surface area contributed by atoms with Crippen LogP contribution in [0.4, 0.5) is 4.79 Å². The van der Waals surface area contributed by atoms with Crippen molar-refractivity contribution < 1.29 is 14.0 Å². The first kappa shape index (κ1) is 20.6. The lowest BCUT2D eigenvalue weighted by Crippen LogP contribution is -2.43.